The molecule has 1 heterocycles. The van der Waals surface area contributed by atoms with Crippen LogP contribution in [-0.2, 0) is 0 Å². The van der Waals surface area contributed by atoms with Gasteiger partial charge < -0.3 is 10.2 Å². The van der Waals surface area contributed by atoms with Gasteiger partial charge in [0.1, 0.15) is 5.58 Å². The van der Waals surface area contributed by atoms with E-state index in [4.69, 9.17) is 10.2 Å². The summed E-state index contributed by atoms with van der Waals surface area (Å²) in [5, 5.41) is 1.07. The van der Waals surface area contributed by atoms with E-state index in [2.05, 4.69) is 0 Å². The van der Waals surface area contributed by atoms with Gasteiger partial charge in [0, 0.05) is 11.1 Å². The van der Waals surface area contributed by atoms with Gasteiger partial charge in [0.15, 0.2) is 0 Å². The second-order valence-electron chi connectivity index (χ2n) is 2.68. The first-order valence-electron chi connectivity index (χ1n) is 3.51. The number of fused-ring (bicyclic) bond motifs is 1. The first-order valence-corrected chi connectivity index (χ1v) is 3.51. The highest BCUT2D eigenvalue weighted by atomic mass is 16.3. The predicted octanol–water partition coefficient (Wildman–Crippen LogP) is 2.32. The average Bonchev–Trinajstić information content (AvgIpc) is 2.34. The molecule has 2 nitrogen and oxygen atoms in total. The molecule has 11 heavy (non-hydrogen) atoms. The van der Waals surface area contributed by atoms with Gasteiger partial charge in [-0.1, -0.05) is 0 Å². The van der Waals surface area contributed by atoms with Gasteiger partial charge in [0.2, 0.25) is 0 Å². The number of nitrogen functional groups attached to an aromatic ring is 1. The lowest BCUT2D eigenvalue weighted by molar-refractivity contribution is 0.613. The van der Waals surface area contributed by atoms with Gasteiger partial charge >= 0.3 is 0 Å². The summed E-state index contributed by atoms with van der Waals surface area (Å²) in [7, 11) is 0. The Labute approximate surface area is 64.6 Å². The molecule has 0 aliphatic rings. The molecule has 56 valence electrons. The second kappa shape index (κ2) is 2.02. The summed E-state index contributed by atoms with van der Waals surface area (Å²) >= 11 is 0. The SMILES string of the molecule is Cc1cc(N)cc2ccoc12. The lowest BCUT2D eigenvalue weighted by Gasteiger charge is -1.96. The minimum absolute atomic E-state index is 0.788. The Bertz CT molecular complexity index is 389. The largest absolute Gasteiger partial charge is 0.464 e. The van der Waals surface area contributed by atoms with Crippen LogP contribution in [0.4, 0.5) is 5.69 Å². The van der Waals surface area contributed by atoms with Crippen LogP contribution in [-0.4, -0.2) is 0 Å². The number of rotatable bonds is 0. The lowest BCUT2D eigenvalue weighted by atomic mass is 10.1. The van der Waals surface area contributed by atoms with Gasteiger partial charge in [-0.15, -0.1) is 0 Å². The first kappa shape index (κ1) is 6.28. The van der Waals surface area contributed by atoms with Crippen LogP contribution in [0.3, 0.4) is 0 Å². The third-order valence-electron chi connectivity index (χ3n) is 1.76. The summed E-state index contributed by atoms with van der Waals surface area (Å²) in [6.45, 7) is 1.99. The van der Waals surface area contributed by atoms with Crippen LogP contribution >= 0.6 is 0 Å². The van der Waals surface area contributed by atoms with Crippen molar-refractivity contribution >= 4 is 16.7 Å². The quantitative estimate of drug-likeness (QED) is 0.581. The molecule has 2 rings (SSSR count). The van der Waals surface area contributed by atoms with Crippen LogP contribution in [0.1, 0.15) is 5.56 Å². The van der Waals surface area contributed by atoms with Gasteiger partial charge in [-0.3, -0.25) is 0 Å². The number of hydrogen-bond acceptors (Lipinski definition) is 2. The molecule has 2 aromatic rings. The topological polar surface area (TPSA) is 39.2 Å². The Morgan fingerprint density at radius 3 is 3.00 bits per heavy atom. The van der Waals surface area contributed by atoms with Gasteiger partial charge in [0.05, 0.1) is 6.26 Å². The number of anilines is 1. The Balaban J connectivity index is 2.91. The second-order valence-corrected chi connectivity index (χ2v) is 2.68. The summed E-state index contributed by atoms with van der Waals surface area (Å²) in [4.78, 5) is 0. The molecule has 0 amide bonds. The van der Waals surface area contributed by atoms with E-state index in [-0.39, 0.29) is 0 Å². The van der Waals surface area contributed by atoms with Crippen molar-refractivity contribution in [1.29, 1.82) is 0 Å². The van der Waals surface area contributed by atoms with Crippen LogP contribution in [0.15, 0.2) is 28.9 Å². The monoisotopic (exact) mass is 147 g/mol. The molecule has 0 bridgehead atoms. The third-order valence-corrected chi connectivity index (χ3v) is 1.76. The Kier molecular flexibility index (Phi) is 1.15. The zero-order valence-corrected chi connectivity index (χ0v) is 6.29. The van der Waals surface area contributed by atoms with Crippen molar-refractivity contribution in [3.05, 3.63) is 30.0 Å². The average molecular weight is 147 g/mol. The van der Waals surface area contributed by atoms with Crippen molar-refractivity contribution in [3.63, 3.8) is 0 Å². The fraction of sp³-hybridized carbons (Fsp3) is 0.111. The van der Waals surface area contributed by atoms with E-state index in [1.807, 2.05) is 25.1 Å². The van der Waals surface area contributed by atoms with Crippen molar-refractivity contribution in [1.82, 2.24) is 0 Å². The van der Waals surface area contributed by atoms with Crippen LogP contribution < -0.4 is 5.73 Å². The zero-order chi connectivity index (χ0) is 7.84. The Hall–Kier alpha value is -1.44. The van der Waals surface area contributed by atoms with Gasteiger partial charge in [-0.05, 0) is 30.7 Å². The molecule has 0 unspecified atom stereocenters. The number of aryl methyl sites for hydroxylation is 1. The molecule has 0 atom stereocenters. The normalized spacial score (nSPS) is 10.6. The van der Waals surface area contributed by atoms with E-state index in [9.17, 15) is 0 Å². The van der Waals surface area contributed by atoms with E-state index >= 15 is 0 Å². The van der Waals surface area contributed by atoms with Crippen LogP contribution in [0.2, 0.25) is 0 Å². The predicted molar refractivity (Wildman–Crippen MR) is 45.4 cm³/mol. The van der Waals surface area contributed by atoms with Crippen LogP contribution in [0.5, 0.6) is 0 Å². The van der Waals surface area contributed by atoms with Crippen LogP contribution in [0, 0.1) is 6.92 Å². The number of furan rings is 1. The van der Waals surface area contributed by atoms with E-state index in [1.165, 1.54) is 0 Å². The Morgan fingerprint density at radius 2 is 2.18 bits per heavy atom. The molecule has 0 aliphatic carbocycles. The molecular weight excluding hydrogens is 138 g/mol. The molecule has 2 N–H and O–H groups in total. The lowest BCUT2D eigenvalue weighted by Crippen LogP contribution is -1.84. The summed E-state index contributed by atoms with van der Waals surface area (Å²) in [5.41, 5.74) is 8.45. The van der Waals surface area contributed by atoms with Gasteiger partial charge in [0.25, 0.3) is 0 Å². The van der Waals surface area contributed by atoms with Crippen LogP contribution in [0.25, 0.3) is 11.0 Å². The van der Waals surface area contributed by atoms with Gasteiger partial charge in [-0.25, -0.2) is 0 Å². The fourth-order valence-corrected chi connectivity index (χ4v) is 1.29. The molecule has 2 heteroatoms. The van der Waals surface area contributed by atoms with Crippen molar-refractivity contribution in [2.45, 2.75) is 6.92 Å². The van der Waals surface area contributed by atoms with E-state index in [0.717, 1.165) is 22.2 Å². The summed E-state index contributed by atoms with van der Waals surface area (Å²) in [6.07, 6.45) is 1.68. The van der Waals surface area contributed by atoms with E-state index in [0.29, 0.717) is 0 Å². The highest BCUT2D eigenvalue weighted by molar-refractivity contribution is 5.83. The minimum Gasteiger partial charge on any atom is -0.464 e. The molecule has 0 fully saturated rings. The summed E-state index contributed by atoms with van der Waals surface area (Å²) in [6, 6.07) is 5.73. The number of benzene rings is 1. The van der Waals surface area contributed by atoms with Crippen molar-refractivity contribution < 1.29 is 4.42 Å². The summed E-state index contributed by atoms with van der Waals surface area (Å²) in [5.74, 6) is 0. The smallest absolute Gasteiger partial charge is 0.136 e. The first-order chi connectivity index (χ1) is 5.27. The molecule has 0 saturated carbocycles. The molecule has 0 saturated heterocycles. The highest BCUT2D eigenvalue weighted by Gasteiger charge is 2.00. The fourth-order valence-electron chi connectivity index (χ4n) is 1.29. The maximum Gasteiger partial charge on any atom is 0.136 e. The maximum absolute atomic E-state index is 5.64. The molecule has 1 aromatic carbocycles. The minimum atomic E-state index is 0.788. The van der Waals surface area contributed by atoms with Crippen molar-refractivity contribution in [2.75, 3.05) is 5.73 Å². The third kappa shape index (κ3) is 0.871. The molecular formula is C9H9NO. The molecule has 1 aromatic heterocycles. The maximum atomic E-state index is 5.64. The van der Waals surface area contributed by atoms with Crippen molar-refractivity contribution in [2.24, 2.45) is 0 Å². The zero-order valence-electron chi connectivity index (χ0n) is 6.29. The molecule has 0 spiro atoms. The van der Waals surface area contributed by atoms with Gasteiger partial charge in [-0.2, -0.15) is 0 Å². The van der Waals surface area contributed by atoms with E-state index in [1.54, 1.807) is 6.26 Å². The standard InChI is InChI=1S/C9H9NO/c1-6-4-8(10)5-7-2-3-11-9(6)7/h2-5H,10H2,1H3. The number of nitrogens with two attached hydrogens (primary N) is 1. The summed E-state index contributed by atoms with van der Waals surface area (Å²) < 4.78 is 5.25. The molecule has 0 aliphatic heterocycles. The van der Waals surface area contributed by atoms with E-state index < -0.39 is 0 Å². The molecule has 0 radical (unpaired) electrons. The van der Waals surface area contributed by atoms with Crippen molar-refractivity contribution in [3.8, 4) is 0 Å². The highest BCUT2D eigenvalue weighted by Crippen LogP contribution is 2.22. The Morgan fingerprint density at radius 1 is 1.36 bits per heavy atom. The number of hydrogen-bond donors (Lipinski definition) is 1.